The lowest BCUT2D eigenvalue weighted by atomic mass is 9.79. The summed E-state index contributed by atoms with van der Waals surface area (Å²) >= 11 is 0. The van der Waals surface area contributed by atoms with Crippen LogP contribution in [0.2, 0.25) is 0 Å². The number of hydrogen-bond donors (Lipinski definition) is 0. The first-order chi connectivity index (χ1) is 13.5. The maximum absolute atomic E-state index is 14.0. The Kier molecular flexibility index (Phi) is 5.94. The summed E-state index contributed by atoms with van der Waals surface area (Å²) in [5.74, 6) is -1.33. The predicted molar refractivity (Wildman–Crippen MR) is 101 cm³/mol. The van der Waals surface area contributed by atoms with Crippen LogP contribution in [0.4, 0.5) is 8.78 Å². The Morgan fingerprint density at radius 1 is 1.11 bits per heavy atom. The van der Waals surface area contributed by atoms with Crippen LogP contribution in [0.25, 0.3) is 0 Å². The average Bonchev–Trinajstić information content (AvgIpc) is 3.34. The van der Waals surface area contributed by atoms with Crippen molar-refractivity contribution in [1.29, 1.82) is 0 Å². The Morgan fingerprint density at radius 3 is 2.82 bits per heavy atom. The summed E-state index contributed by atoms with van der Waals surface area (Å²) in [5.41, 5.74) is 0.496. The maximum Gasteiger partial charge on any atom is 0.223 e. The average molecular weight is 393 g/mol. The van der Waals surface area contributed by atoms with Gasteiger partial charge in [0.15, 0.2) is 11.6 Å². The second kappa shape index (κ2) is 8.43. The van der Waals surface area contributed by atoms with Crippen LogP contribution in [0, 0.1) is 17.0 Å². The molecule has 1 aromatic rings. The predicted octanol–water partition coefficient (Wildman–Crippen LogP) is 2.81. The quantitative estimate of drug-likeness (QED) is 0.771. The van der Waals surface area contributed by atoms with Gasteiger partial charge in [-0.1, -0.05) is 12.1 Å². The lowest BCUT2D eigenvalue weighted by Gasteiger charge is -2.40. The molecule has 7 heteroatoms. The molecule has 0 bridgehead atoms. The molecular weight excluding hydrogens is 364 g/mol. The van der Waals surface area contributed by atoms with E-state index in [-0.39, 0.29) is 11.3 Å². The zero-order valence-electron chi connectivity index (χ0n) is 16.3. The van der Waals surface area contributed by atoms with Crippen LogP contribution in [-0.4, -0.2) is 66.6 Å². The molecule has 5 nitrogen and oxygen atoms in total. The van der Waals surface area contributed by atoms with Crippen molar-refractivity contribution in [1.82, 2.24) is 14.9 Å². The summed E-state index contributed by atoms with van der Waals surface area (Å²) in [6.07, 6.45) is 4.63. The second-order valence-corrected chi connectivity index (χ2v) is 8.46. The van der Waals surface area contributed by atoms with E-state index in [9.17, 15) is 13.6 Å². The summed E-state index contributed by atoms with van der Waals surface area (Å²) in [5, 5.41) is 1.89. The molecular formula is C21H29F2N3O2. The van der Waals surface area contributed by atoms with E-state index < -0.39 is 11.6 Å². The molecule has 1 aromatic carbocycles. The molecule has 154 valence electrons. The molecule has 3 aliphatic rings. The highest BCUT2D eigenvalue weighted by Gasteiger charge is 2.42. The van der Waals surface area contributed by atoms with Gasteiger partial charge < -0.3 is 4.90 Å². The van der Waals surface area contributed by atoms with Crippen molar-refractivity contribution >= 4 is 5.91 Å². The summed E-state index contributed by atoms with van der Waals surface area (Å²) in [6.45, 7) is 6.03. The minimum atomic E-state index is -0.788. The third-order valence-electron chi connectivity index (χ3n) is 6.36. The molecule has 0 aromatic heterocycles. The maximum atomic E-state index is 14.0. The van der Waals surface area contributed by atoms with E-state index in [1.807, 2.05) is 9.96 Å². The minimum Gasteiger partial charge on any atom is -0.342 e. The van der Waals surface area contributed by atoms with Gasteiger partial charge in [-0.2, -0.15) is 5.06 Å². The molecule has 28 heavy (non-hydrogen) atoms. The zero-order valence-corrected chi connectivity index (χ0v) is 16.3. The lowest BCUT2D eigenvalue weighted by molar-refractivity contribution is -0.138. The van der Waals surface area contributed by atoms with E-state index in [2.05, 4.69) is 4.90 Å². The number of nitrogens with zero attached hydrogens (tertiary/aromatic N) is 3. The topological polar surface area (TPSA) is 36.0 Å². The zero-order chi connectivity index (χ0) is 19.6. The minimum absolute atomic E-state index is 0.0852. The van der Waals surface area contributed by atoms with E-state index in [1.54, 1.807) is 12.1 Å². The molecule has 3 fully saturated rings. The van der Waals surface area contributed by atoms with Gasteiger partial charge in [0.05, 0.1) is 6.61 Å². The Morgan fingerprint density at radius 2 is 2.00 bits per heavy atom. The standard InChI is InChI=1S/C21H29F2N3O2/c22-18-5-1-4-17(20(18)23)14-24-9-2-7-21(15-24)8-12-25(16-21)19(27)6-11-26-10-3-13-28-26/h1,4-5H,2-3,6-16H2/t21-/m0/s1. The number of halogens is 2. The largest absolute Gasteiger partial charge is 0.342 e. The third-order valence-corrected chi connectivity index (χ3v) is 6.36. The number of carbonyl (C=O) groups excluding carboxylic acids is 1. The van der Waals surface area contributed by atoms with Gasteiger partial charge in [0.1, 0.15) is 0 Å². The van der Waals surface area contributed by atoms with Crippen LogP contribution >= 0.6 is 0 Å². The SMILES string of the molecule is O=C(CCN1CCCO1)N1CC[C@]2(CCCN(Cc3cccc(F)c3F)C2)C1. The van der Waals surface area contributed by atoms with Crippen LogP contribution < -0.4 is 0 Å². The van der Waals surface area contributed by atoms with Crippen molar-refractivity contribution in [3.63, 3.8) is 0 Å². The number of benzene rings is 1. The molecule has 4 rings (SSSR count). The summed E-state index contributed by atoms with van der Waals surface area (Å²) < 4.78 is 27.5. The van der Waals surface area contributed by atoms with Gasteiger partial charge in [-0.3, -0.25) is 14.5 Å². The molecule has 1 atom stereocenters. The Hall–Kier alpha value is -1.57. The molecule has 0 aliphatic carbocycles. The van der Waals surface area contributed by atoms with Gasteiger partial charge >= 0.3 is 0 Å². The van der Waals surface area contributed by atoms with Gasteiger partial charge in [-0.05, 0) is 38.3 Å². The Bertz CT molecular complexity index is 711. The molecule has 1 amide bonds. The Balaban J connectivity index is 1.32. The molecule has 3 heterocycles. The van der Waals surface area contributed by atoms with Crippen LogP contribution in [-0.2, 0) is 16.2 Å². The van der Waals surface area contributed by atoms with E-state index in [0.717, 1.165) is 71.1 Å². The molecule has 3 aliphatic heterocycles. The van der Waals surface area contributed by atoms with Gasteiger partial charge in [0, 0.05) is 56.7 Å². The third kappa shape index (κ3) is 4.36. The molecule has 3 saturated heterocycles. The fraction of sp³-hybridized carbons (Fsp3) is 0.667. The highest BCUT2D eigenvalue weighted by atomic mass is 19.2. The first-order valence-electron chi connectivity index (χ1n) is 10.4. The van der Waals surface area contributed by atoms with Crippen LogP contribution in [0.15, 0.2) is 18.2 Å². The molecule has 0 saturated carbocycles. The fourth-order valence-corrected chi connectivity index (χ4v) is 4.89. The van der Waals surface area contributed by atoms with Crippen LogP contribution in [0.5, 0.6) is 0 Å². The number of hydrogen-bond acceptors (Lipinski definition) is 4. The summed E-state index contributed by atoms with van der Waals surface area (Å²) in [4.78, 5) is 22.3. The number of rotatable bonds is 5. The number of piperidine rings is 1. The number of carbonyl (C=O) groups is 1. The van der Waals surface area contributed by atoms with Crippen molar-refractivity contribution in [3.8, 4) is 0 Å². The van der Waals surface area contributed by atoms with E-state index in [4.69, 9.17) is 4.84 Å². The van der Waals surface area contributed by atoms with Crippen LogP contribution in [0.3, 0.4) is 0 Å². The van der Waals surface area contributed by atoms with E-state index in [0.29, 0.717) is 25.1 Å². The second-order valence-electron chi connectivity index (χ2n) is 8.46. The smallest absolute Gasteiger partial charge is 0.223 e. The fourth-order valence-electron chi connectivity index (χ4n) is 4.89. The van der Waals surface area contributed by atoms with E-state index >= 15 is 0 Å². The van der Waals surface area contributed by atoms with Crippen LogP contribution in [0.1, 0.15) is 37.7 Å². The van der Waals surface area contributed by atoms with Crippen molar-refractivity contribution < 1.29 is 18.4 Å². The van der Waals surface area contributed by atoms with Crippen molar-refractivity contribution in [2.24, 2.45) is 5.41 Å². The monoisotopic (exact) mass is 393 g/mol. The van der Waals surface area contributed by atoms with Gasteiger partial charge in [0.2, 0.25) is 5.91 Å². The van der Waals surface area contributed by atoms with E-state index in [1.165, 1.54) is 0 Å². The molecule has 1 spiro atoms. The lowest BCUT2D eigenvalue weighted by Crippen LogP contribution is -2.45. The van der Waals surface area contributed by atoms with Crippen molar-refractivity contribution in [2.45, 2.75) is 38.6 Å². The number of hydroxylamine groups is 2. The Labute approximate surface area is 165 Å². The summed E-state index contributed by atoms with van der Waals surface area (Å²) in [7, 11) is 0. The number of amides is 1. The normalized spacial score (nSPS) is 26.4. The highest BCUT2D eigenvalue weighted by Crippen LogP contribution is 2.39. The molecule has 0 radical (unpaired) electrons. The first-order valence-corrected chi connectivity index (χ1v) is 10.4. The number of likely N-dealkylation sites (tertiary alicyclic amines) is 2. The first kappa shape index (κ1) is 19.7. The summed E-state index contributed by atoms with van der Waals surface area (Å²) in [6, 6.07) is 4.38. The molecule has 0 unspecified atom stereocenters. The van der Waals surface area contributed by atoms with Gasteiger partial charge in [-0.15, -0.1) is 0 Å². The highest BCUT2D eigenvalue weighted by molar-refractivity contribution is 5.76. The van der Waals surface area contributed by atoms with Gasteiger partial charge in [-0.25, -0.2) is 8.78 Å². The van der Waals surface area contributed by atoms with Crippen molar-refractivity contribution in [3.05, 3.63) is 35.4 Å². The van der Waals surface area contributed by atoms with Gasteiger partial charge in [0.25, 0.3) is 0 Å². The van der Waals surface area contributed by atoms with Crippen molar-refractivity contribution in [2.75, 3.05) is 45.9 Å². The molecule has 0 N–H and O–H groups in total.